The number of halogens is 1. The Morgan fingerprint density at radius 3 is 2.60 bits per heavy atom. The van der Waals surface area contributed by atoms with Crippen LogP contribution >= 0.6 is 11.6 Å². The highest BCUT2D eigenvalue weighted by molar-refractivity contribution is 6.27. The van der Waals surface area contributed by atoms with Gasteiger partial charge < -0.3 is 9.47 Å². The molecule has 0 amide bonds. The van der Waals surface area contributed by atoms with Crippen LogP contribution in [0, 0.1) is 16.7 Å². The average molecular weight is 296 g/mol. The van der Waals surface area contributed by atoms with Crippen LogP contribution in [0.1, 0.15) is 25.7 Å². The van der Waals surface area contributed by atoms with Crippen molar-refractivity contribution in [3.05, 3.63) is 24.4 Å². The number of nitrogens with zero attached hydrogens (tertiary/aromatic N) is 1. The zero-order valence-electron chi connectivity index (χ0n) is 11.1. The van der Waals surface area contributed by atoms with Crippen LogP contribution in [-0.4, -0.2) is 28.8 Å². The highest BCUT2D eigenvalue weighted by Gasteiger charge is 2.27. The first-order valence-corrected chi connectivity index (χ1v) is 7.20. The molecule has 2 N–H and O–H groups in total. The van der Waals surface area contributed by atoms with Crippen molar-refractivity contribution in [3.8, 4) is 5.88 Å². The van der Waals surface area contributed by atoms with Crippen molar-refractivity contribution in [2.75, 3.05) is 5.88 Å². The fourth-order valence-electron chi connectivity index (χ4n) is 2.27. The Labute approximate surface area is 123 Å². The second kappa shape index (κ2) is 7.24. The van der Waals surface area contributed by atoms with Crippen LogP contribution in [0.25, 0.3) is 0 Å². The number of aromatic nitrogens is 1. The Kier molecular flexibility index (Phi) is 5.35. The highest BCUT2D eigenvalue weighted by atomic mass is 35.5. The second-order valence-electron chi connectivity index (χ2n) is 4.78. The number of alkyl halides is 1. The van der Waals surface area contributed by atoms with Crippen molar-refractivity contribution in [3.63, 3.8) is 0 Å². The fourth-order valence-corrected chi connectivity index (χ4v) is 2.33. The summed E-state index contributed by atoms with van der Waals surface area (Å²) < 4.78 is 10.9. The highest BCUT2D eigenvalue weighted by Crippen LogP contribution is 2.28. The third-order valence-electron chi connectivity index (χ3n) is 3.32. The third-order valence-corrected chi connectivity index (χ3v) is 3.57. The van der Waals surface area contributed by atoms with E-state index >= 15 is 0 Å². The van der Waals surface area contributed by atoms with Gasteiger partial charge in [0.15, 0.2) is 5.90 Å². The lowest BCUT2D eigenvalue weighted by Crippen LogP contribution is -2.30. The maximum Gasteiger partial charge on any atom is 0.213 e. The summed E-state index contributed by atoms with van der Waals surface area (Å²) in [7, 11) is 0. The van der Waals surface area contributed by atoms with Gasteiger partial charge in [0.1, 0.15) is 6.10 Å². The molecule has 2 rings (SSSR count). The van der Waals surface area contributed by atoms with E-state index in [0.29, 0.717) is 5.88 Å². The van der Waals surface area contributed by atoms with Gasteiger partial charge in [-0.05, 0) is 31.7 Å². The molecule has 0 radical (unpaired) electrons. The second-order valence-corrected chi connectivity index (χ2v) is 5.05. The molecule has 1 fully saturated rings. The van der Waals surface area contributed by atoms with Crippen LogP contribution in [0.2, 0.25) is 0 Å². The molecule has 1 aliphatic carbocycles. The third kappa shape index (κ3) is 4.20. The number of pyridine rings is 1. The van der Waals surface area contributed by atoms with Crippen LogP contribution < -0.4 is 4.74 Å². The van der Waals surface area contributed by atoms with Crippen molar-refractivity contribution in [1.29, 1.82) is 10.8 Å². The van der Waals surface area contributed by atoms with Gasteiger partial charge in [0.2, 0.25) is 11.8 Å². The van der Waals surface area contributed by atoms with E-state index in [1.54, 1.807) is 6.20 Å². The summed E-state index contributed by atoms with van der Waals surface area (Å²) in [5, 5.41) is 15.2. The molecule has 20 heavy (non-hydrogen) atoms. The zero-order valence-corrected chi connectivity index (χ0v) is 11.9. The SMILES string of the molecule is N=C(CCl)OC(=N)C1CCC(Oc2ccccn2)CC1. The van der Waals surface area contributed by atoms with E-state index in [1.807, 2.05) is 18.2 Å². The summed E-state index contributed by atoms with van der Waals surface area (Å²) in [6.45, 7) is 0. The molecule has 1 heterocycles. The van der Waals surface area contributed by atoms with Gasteiger partial charge in [-0.2, -0.15) is 0 Å². The minimum atomic E-state index is -0.0662. The van der Waals surface area contributed by atoms with E-state index in [9.17, 15) is 0 Å². The molecule has 1 saturated carbocycles. The lowest BCUT2D eigenvalue weighted by Gasteiger charge is -2.28. The van der Waals surface area contributed by atoms with Gasteiger partial charge in [-0.25, -0.2) is 4.98 Å². The quantitative estimate of drug-likeness (QED) is 0.508. The molecule has 6 heteroatoms. The maximum absolute atomic E-state index is 7.83. The summed E-state index contributed by atoms with van der Waals surface area (Å²) in [4.78, 5) is 4.15. The minimum Gasteiger partial charge on any atom is -0.474 e. The number of rotatable bonds is 4. The van der Waals surface area contributed by atoms with Gasteiger partial charge in [-0.3, -0.25) is 10.8 Å². The molecule has 5 nitrogen and oxygen atoms in total. The standard InChI is InChI=1S/C14H18ClN3O2/c15-9-12(16)20-14(17)10-4-6-11(7-5-10)19-13-3-1-2-8-18-13/h1-3,8,10-11,16-17H,4-7,9H2. The largest absolute Gasteiger partial charge is 0.474 e. The molecule has 0 unspecified atom stereocenters. The first-order valence-electron chi connectivity index (χ1n) is 6.66. The predicted octanol–water partition coefficient (Wildman–Crippen LogP) is 3.23. The normalized spacial score (nSPS) is 22.1. The zero-order chi connectivity index (χ0) is 14.4. The molecule has 1 aromatic rings. The molecule has 108 valence electrons. The summed E-state index contributed by atoms with van der Waals surface area (Å²) in [6.07, 6.45) is 5.23. The molecular formula is C14H18ClN3O2. The number of nitrogens with one attached hydrogen (secondary N) is 2. The smallest absolute Gasteiger partial charge is 0.213 e. The van der Waals surface area contributed by atoms with Crippen molar-refractivity contribution < 1.29 is 9.47 Å². The topological polar surface area (TPSA) is 79.0 Å². The molecule has 0 spiro atoms. The van der Waals surface area contributed by atoms with E-state index in [0.717, 1.165) is 25.7 Å². The van der Waals surface area contributed by atoms with Gasteiger partial charge in [0.25, 0.3) is 0 Å². The van der Waals surface area contributed by atoms with Crippen molar-refractivity contribution in [2.45, 2.75) is 31.8 Å². The number of hydrogen-bond donors (Lipinski definition) is 2. The van der Waals surface area contributed by atoms with Crippen molar-refractivity contribution in [1.82, 2.24) is 4.98 Å². The van der Waals surface area contributed by atoms with Gasteiger partial charge in [0.05, 0.1) is 5.88 Å². The van der Waals surface area contributed by atoms with E-state index in [4.69, 9.17) is 31.9 Å². The summed E-state index contributed by atoms with van der Waals surface area (Å²) in [5.74, 6) is 0.782. The predicted molar refractivity (Wildman–Crippen MR) is 77.9 cm³/mol. The monoisotopic (exact) mass is 295 g/mol. The lowest BCUT2D eigenvalue weighted by molar-refractivity contribution is 0.135. The fraction of sp³-hybridized carbons (Fsp3) is 0.500. The first kappa shape index (κ1) is 14.8. The van der Waals surface area contributed by atoms with Gasteiger partial charge in [-0.1, -0.05) is 6.07 Å². The van der Waals surface area contributed by atoms with Crippen LogP contribution in [0.5, 0.6) is 5.88 Å². The number of ether oxygens (including phenoxy) is 2. The van der Waals surface area contributed by atoms with Gasteiger partial charge in [0, 0.05) is 18.2 Å². The lowest BCUT2D eigenvalue weighted by atomic mass is 9.87. The Bertz CT molecular complexity index is 459. The molecular weight excluding hydrogens is 278 g/mol. The molecule has 0 aliphatic heterocycles. The van der Waals surface area contributed by atoms with Gasteiger partial charge in [-0.15, -0.1) is 11.6 Å². The Morgan fingerprint density at radius 1 is 1.25 bits per heavy atom. The van der Waals surface area contributed by atoms with Gasteiger partial charge >= 0.3 is 0 Å². The van der Waals surface area contributed by atoms with E-state index in [2.05, 4.69) is 4.98 Å². The average Bonchev–Trinajstić information content (AvgIpc) is 2.49. The van der Waals surface area contributed by atoms with Crippen LogP contribution in [0.15, 0.2) is 24.4 Å². The number of hydrogen-bond acceptors (Lipinski definition) is 5. The molecule has 1 aromatic heterocycles. The van der Waals surface area contributed by atoms with E-state index in [-0.39, 0.29) is 29.7 Å². The molecule has 1 aliphatic rings. The van der Waals surface area contributed by atoms with E-state index in [1.165, 1.54) is 0 Å². The summed E-state index contributed by atoms with van der Waals surface area (Å²) in [5.41, 5.74) is 0. The van der Waals surface area contributed by atoms with Crippen LogP contribution in [-0.2, 0) is 4.74 Å². The first-order chi connectivity index (χ1) is 9.69. The van der Waals surface area contributed by atoms with Crippen molar-refractivity contribution in [2.24, 2.45) is 5.92 Å². The van der Waals surface area contributed by atoms with Crippen LogP contribution in [0.3, 0.4) is 0 Å². The Balaban J connectivity index is 1.77. The summed E-state index contributed by atoms with van der Waals surface area (Å²) in [6, 6.07) is 5.60. The summed E-state index contributed by atoms with van der Waals surface area (Å²) >= 11 is 5.48. The molecule has 0 saturated heterocycles. The molecule has 0 bridgehead atoms. The van der Waals surface area contributed by atoms with Crippen molar-refractivity contribution >= 4 is 23.4 Å². The minimum absolute atomic E-state index is 0.000509. The van der Waals surface area contributed by atoms with E-state index < -0.39 is 0 Å². The molecule has 0 atom stereocenters. The van der Waals surface area contributed by atoms with Crippen LogP contribution in [0.4, 0.5) is 0 Å². The Morgan fingerprint density at radius 2 is 2.00 bits per heavy atom. The maximum atomic E-state index is 7.83. The Hall–Kier alpha value is -1.62. The molecule has 0 aromatic carbocycles.